The standard InChI is InChI=1S/C20H20N8O6S4/c1-8(29)22-5-11-25-26-20(38-11)35-4-3-9-6-36-17-13(16(31)28(17)14(9)18(32)33)24-15(30)12(27-34-2)10-7-37-19(21)23-10/h3-4,7,13,17H,5-6H2,1-2H3,(H2,21,23)(H,22,29)(H,24,30)(H,32,33). The third kappa shape index (κ3) is 5.98. The van der Waals surface area contributed by atoms with Crippen LogP contribution in [0.15, 0.2) is 37.6 Å². The Morgan fingerprint density at radius 1 is 1.39 bits per heavy atom. The number of fused-ring (bicyclic) bond motifs is 1. The molecule has 38 heavy (non-hydrogen) atoms. The molecule has 1 saturated heterocycles. The van der Waals surface area contributed by atoms with Crippen LogP contribution in [0.25, 0.3) is 0 Å². The lowest BCUT2D eigenvalue weighted by Gasteiger charge is -2.49. The Morgan fingerprint density at radius 2 is 2.18 bits per heavy atom. The fourth-order valence-electron chi connectivity index (χ4n) is 3.40. The number of nitrogen functional groups attached to an aromatic ring is 1. The van der Waals surface area contributed by atoms with Gasteiger partial charge in [-0.2, -0.15) is 0 Å². The number of carboxylic acids is 1. The summed E-state index contributed by atoms with van der Waals surface area (Å²) in [6, 6.07) is -0.955. The second-order valence-corrected chi connectivity index (χ2v) is 11.7. The van der Waals surface area contributed by atoms with Crippen molar-refractivity contribution in [2.75, 3.05) is 18.6 Å². The van der Waals surface area contributed by atoms with Gasteiger partial charge in [-0.1, -0.05) is 28.3 Å². The molecule has 200 valence electrons. The minimum absolute atomic E-state index is 0.150. The molecule has 3 amide bonds. The molecule has 0 aromatic carbocycles. The van der Waals surface area contributed by atoms with Gasteiger partial charge in [-0.25, -0.2) is 9.78 Å². The lowest BCUT2D eigenvalue weighted by Crippen LogP contribution is -2.71. The number of carboxylic acid groups (broad SMARTS) is 1. The van der Waals surface area contributed by atoms with E-state index in [1.165, 1.54) is 54.3 Å². The summed E-state index contributed by atoms with van der Waals surface area (Å²) in [5, 5.41) is 30.3. The van der Waals surface area contributed by atoms with E-state index in [0.29, 0.717) is 20.7 Å². The SMILES string of the molecule is CON=C(C(=O)NC1C(=O)N2C(C(=O)O)=C(C=CSc3nnc(CNC(C)=O)s3)CSC12)c1csc(N)n1. The molecule has 2 aliphatic heterocycles. The lowest BCUT2D eigenvalue weighted by molar-refractivity contribution is -0.150. The topological polar surface area (TPSA) is 202 Å². The summed E-state index contributed by atoms with van der Waals surface area (Å²) in [5.74, 6) is -2.40. The molecule has 0 saturated carbocycles. The van der Waals surface area contributed by atoms with E-state index >= 15 is 0 Å². The first-order chi connectivity index (χ1) is 18.2. The number of β-lactam (4-membered cyclic amide) rings is 1. The minimum Gasteiger partial charge on any atom is -0.477 e. The molecular formula is C20H20N8O6S4. The lowest BCUT2D eigenvalue weighted by atomic mass is 10.0. The van der Waals surface area contributed by atoms with Crippen LogP contribution in [0.4, 0.5) is 5.13 Å². The van der Waals surface area contributed by atoms with E-state index in [4.69, 9.17) is 10.6 Å². The van der Waals surface area contributed by atoms with Crippen LogP contribution in [0, 0.1) is 0 Å². The maximum absolute atomic E-state index is 12.9. The van der Waals surface area contributed by atoms with Crippen LogP contribution in [0.5, 0.6) is 0 Å². The first kappa shape index (κ1) is 27.6. The second-order valence-electron chi connectivity index (χ2n) is 7.53. The maximum Gasteiger partial charge on any atom is 0.352 e. The molecule has 1 fully saturated rings. The Hall–Kier alpha value is -3.48. The monoisotopic (exact) mass is 596 g/mol. The van der Waals surface area contributed by atoms with Crippen LogP contribution in [0.3, 0.4) is 0 Å². The summed E-state index contributed by atoms with van der Waals surface area (Å²) < 4.78 is 0.610. The molecule has 2 unspecified atom stereocenters. The number of oxime groups is 1. The van der Waals surface area contributed by atoms with Crippen molar-refractivity contribution >= 4 is 80.7 Å². The number of hydrogen-bond donors (Lipinski definition) is 4. The van der Waals surface area contributed by atoms with Gasteiger partial charge in [0, 0.05) is 18.1 Å². The van der Waals surface area contributed by atoms with Gasteiger partial charge in [0.25, 0.3) is 11.8 Å². The zero-order chi connectivity index (χ0) is 27.4. The number of thiazole rings is 1. The Morgan fingerprint density at radius 3 is 2.84 bits per heavy atom. The third-order valence-corrected chi connectivity index (χ3v) is 8.81. The fraction of sp³-hybridized carbons (Fsp3) is 0.300. The number of carbonyl (C=O) groups is 4. The molecule has 2 aliphatic rings. The van der Waals surface area contributed by atoms with Crippen LogP contribution in [-0.2, 0) is 30.6 Å². The van der Waals surface area contributed by atoms with E-state index in [1.54, 1.807) is 11.5 Å². The van der Waals surface area contributed by atoms with Crippen molar-refractivity contribution in [1.82, 2.24) is 30.7 Å². The van der Waals surface area contributed by atoms with E-state index in [0.717, 1.165) is 16.2 Å². The van der Waals surface area contributed by atoms with Gasteiger partial charge >= 0.3 is 5.97 Å². The molecule has 2 atom stereocenters. The molecule has 0 radical (unpaired) electrons. The van der Waals surface area contributed by atoms with Crippen molar-refractivity contribution in [3.05, 3.63) is 38.8 Å². The smallest absolute Gasteiger partial charge is 0.352 e. The predicted octanol–water partition coefficient (Wildman–Crippen LogP) is 0.608. The second kappa shape index (κ2) is 11.9. The normalized spacial score (nSPS) is 19.3. The molecular weight excluding hydrogens is 577 g/mol. The Bertz CT molecular complexity index is 1370. The highest BCUT2D eigenvalue weighted by Gasteiger charge is 2.54. The van der Waals surface area contributed by atoms with Gasteiger partial charge in [-0.3, -0.25) is 19.3 Å². The first-order valence-electron chi connectivity index (χ1n) is 10.6. The van der Waals surface area contributed by atoms with E-state index < -0.39 is 29.2 Å². The first-order valence-corrected chi connectivity index (χ1v) is 14.3. The molecule has 4 heterocycles. The van der Waals surface area contributed by atoms with Crippen molar-refractivity contribution in [2.24, 2.45) is 5.16 Å². The van der Waals surface area contributed by atoms with Crippen LogP contribution in [-0.4, -0.2) is 78.9 Å². The number of carbonyl (C=O) groups excluding carboxylic acids is 3. The number of nitrogens with two attached hydrogens (primary N) is 1. The van der Waals surface area contributed by atoms with Crippen molar-refractivity contribution < 1.29 is 29.1 Å². The average molecular weight is 597 g/mol. The third-order valence-electron chi connectivity index (χ3n) is 5.02. The Labute approximate surface area is 231 Å². The summed E-state index contributed by atoms with van der Waals surface area (Å²) >= 11 is 4.97. The fourth-order valence-corrected chi connectivity index (χ4v) is 6.86. The number of anilines is 1. The largest absolute Gasteiger partial charge is 0.477 e. The number of amides is 3. The molecule has 14 nitrogen and oxygen atoms in total. The number of allylic oxidation sites excluding steroid dienone is 1. The molecule has 18 heteroatoms. The average Bonchev–Trinajstić information content (AvgIpc) is 3.52. The molecule has 0 aliphatic carbocycles. The Kier molecular flexibility index (Phi) is 8.65. The van der Waals surface area contributed by atoms with Gasteiger partial charge < -0.3 is 26.3 Å². The summed E-state index contributed by atoms with van der Waals surface area (Å²) in [7, 11) is 1.27. The van der Waals surface area contributed by atoms with Crippen LogP contribution in [0.2, 0.25) is 0 Å². The van der Waals surface area contributed by atoms with Gasteiger partial charge in [0.1, 0.15) is 34.9 Å². The molecule has 0 spiro atoms. The van der Waals surface area contributed by atoms with Gasteiger partial charge in [0.15, 0.2) is 15.2 Å². The summed E-state index contributed by atoms with van der Waals surface area (Å²) in [6.45, 7) is 1.68. The van der Waals surface area contributed by atoms with Crippen molar-refractivity contribution in [2.45, 2.75) is 29.2 Å². The zero-order valence-corrected chi connectivity index (χ0v) is 23.0. The molecule has 2 aromatic heterocycles. The molecule has 0 bridgehead atoms. The highest BCUT2D eigenvalue weighted by Crippen LogP contribution is 2.41. The van der Waals surface area contributed by atoms with Crippen LogP contribution >= 0.6 is 46.2 Å². The van der Waals surface area contributed by atoms with Crippen molar-refractivity contribution in [3.8, 4) is 0 Å². The van der Waals surface area contributed by atoms with Crippen molar-refractivity contribution in [1.29, 1.82) is 0 Å². The van der Waals surface area contributed by atoms with Crippen LogP contribution in [0.1, 0.15) is 17.6 Å². The quantitative estimate of drug-likeness (QED) is 0.129. The number of aromatic nitrogens is 3. The van der Waals surface area contributed by atoms with Crippen molar-refractivity contribution in [3.63, 3.8) is 0 Å². The number of nitrogens with zero attached hydrogens (tertiary/aromatic N) is 5. The van der Waals surface area contributed by atoms with E-state index in [2.05, 4.69) is 31.0 Å². The Balaban J connectivity index is 1.44. The highest BCUT2D eigenvalue weighted by atomic mass is 32.2. The molecule has 4 rings (SSSR count). The van der Waals surface area contributed by atoms with Gasteiger partial charge in [-0.05, 0) is 17.1 Å². The highest BCUT2D eigenvalue weighted by molar-refractivity contribution is 8.03. The molecule has 5 N–H and O–H groups in total. The van der Waals surface area contributed by atoms with Gasteiger partial charge in [0.2, 0.25) is 5.91 Å². The maximum atomic E-state index is 12.9. The summed E-state index contributed by atoms with van der Waals surface area (Å²) in [5.41, 5.74) is 5.96. The molecule has 2 aromatic rings. The van der Waals surface area contributed by atoms with E-state index in [1.807, 2.05) is 0 Å². The minimum atomic E-state index is -1.26. The zero-order valence-electron chi connectivity index (χ0n) is 19.7. The number of aliphatic carboxylic acids is 1. The van der Waals surface area contributed by atoms with E-state index in [-0.39, 0.29) is 34.7 Å². The summed E-state index contributed by atoms with van der Waals surface area (Å²) in [4.78, 5) is 58.8. The predicted molar refractivity (Wildman–Crippen MR) is 142 cm³/mol. The number of rotatable bonds is 10. The van der Waals surface area contributed by atoms with Gasteiger partial charge in [0.05, 0.1) is 6.54 Å². The number of thioether (sulfide) groups is 2. The number of nitrogens with one attached hydrogen (secondary N) is 2. The van der Waals surface area contributed by atoms with Crippen LogP contribution < -0.4 is 16.4 Å². The summed E-state index contributed by atoms with van der Waals surface area (Å²) in [6.07, 6.45) is 1.61. The van der Waals surface area contributed by atoms with E-state index in [9.17, 15) is 24.3 Å². The van der Waals surface area contributed by atoms with Gasteiger partial charge in [-0.15, -0.1) is 33.3 Å². The number of hydrogen-bond acceptors (Lipinski definition) is 14.